The fourth-order valence-electron chi connectivity index (χ4n) is 1.80. The quantitative estimate of drug-likeness (QED) is 0.887. The summed E-state index contributed by atoms with van der Waals surface area (Å²) in [6.45, 7) is 7.23. The molecule has 0 aliphatic carbocycles. The largest absolute Gasteiger partial charge is 0.370 e. The molecule has 1 N–H and O–H groups in total. The molecule has 4 heteroatoms. The van der Waals surface area contributed by atoms with Crippen molar-refractivity contribution in [1.29, 1.82) is 0 Å². The van der Waals surface area contributed by atoms with Gasteiger partial charge in [0.15, 0.2) is 0 Å². The third kappa shape index (κ3) is 3.07. The van der Waals surface area contributed by atoms with Gasteiger partial charge in [-0.25, -0.2) is 9.97 Å². The van der Waals surface area contributed by atoms with Gasteiger partial charge in [0.2, 0.25) is 0 Å². The number of hydrogen-bond donors (Lipinski definition) is 1. The molecule has 0 spiro atoms. The molecule has 0 aromatic carbocycles. The predicted molar refractivity (Wildman–Crippen MR) is 78.2 cm³/mol. The number of rotatable bonds is 5. The first kappa shape index (κ1) is 13.0. The van der Waals surface area contributed by atoms with E-state index in [4.69, 9.17) is 0 Å². The SMILES string of the molecule is CCCc1nc(NCC)cc(-c2ccc(C)s2)n1. The normalized spacial score (nSPS) is 10.6. The molecule has 2 rings (SSSR count). The molecule has 0 bridgehead atoms. The lowest BCUT2D eigenvalue weighted by Gasteiger charge is -2.07. The molecule has 2 heterocycles. The molecule has 96 valence electrons. The van der Waals surface area contributed by atoms with Crippen LogP contribution in [0.2, 0.25) is 0 Å². The molecule has 2 aromatic heterocycles. The highest BCUT2D eigenvalue weighted by molar-refractivity contribution is 7.15. The number of nitrogens with one attached hydrogen (secondary N) is 1. The first-order chi connectivity index (χ1) is 8.72. The summed E-state index contributed by atoms with van der Waals surface area (Å²) in [6, 6.07) is 6.30. The zero-order chi connectivity index (χ0) is 13.0. The highest BCUT2D eigenvalue weighted by atomic mass is 32.1. The Kier molecular flexibility index (Phi) is 4.31. The number of thiophene rings is 1. The molecule has 0 atom stereocenters. The summed E-state index contributed by atoms with van der Waals surface area (Å²) in [5, 5.41) is 3.28. The van der Waals surface area contributed by atoms with E-state index in [1.54, 1.807) is 11.3 Å². The van der Waals surface area contributed by atoms with Crippen molar-refractivity contribution in [2.45, 2.75) is 33.6 Å². The van der Waals surface area contributed by atoms with Crippen molar-refractivity contribution in [3.63, 3.8) is 0 Å². The smallest absolute Gasteiger partial charge is 0.131 e. The third-order valence-corrected chi connectivity index (χ3v) is 3.62. The Morgan fingerprint density at radius 2 is 2.06 bits per heavy atom. The van der Waals surface area contributed by atoms with E-state index >= 15 is 0 Å². The highest BCUT2D eigenvalue weighted by Gasteiger charge is 2.07. The first-order valence-corrected chi connectivity index (χ1v) is 7.23. The van der Waals surface area contributed by atoms with E-state index in [9.17, 15) is 0 Å². The number of hydrogen-bond acceptors (Lipinski definition) is 4. The molecular formula is C14H19N3S. The van der Waals surface area contributed by atoms with Gasteiger partial charge in [-0.2, -0.15) is 0 Å². The molecule has 0 aliphatic heterocycles. The summed E-state index contributed by atoms with van der Waals surface area (Å²) in [4.78, 5) is 11.7. The zero-order valence-electron chi connectivity index (χ0n) is 11.2. The zero-order valence-corrected chi connectivity index (χ0v) is 12.0. The maximum Gasteiger partial charge on any atom is 0.131 e. The minimum atomic E-state index is 0.880. The van der Waals surface area contributed by atoms with E-state index in [1.807, 2.05) is 6.07 Å². The highest BCUT2D eigenvalue weighted by Crippen LogP contribution is 2.27. The van der Waals surface area contributed by atoms with Crippen molar-refractivity contribution in [3.8, 4) is 10.6 Å². The lowest BCUT2D eigenvalue weighted by atomic mass is 10.2. The van der Waals surface area contributed by atoms with E-state index < -0.39 is 0 Å². The van der Waals surface area contributed by atoms with Crippen LogP contribution in [0.5, 0.6) is 0 Å². The van der Waals surface area contributed by atoms with Gasteiger partial charge in [0.1, 0.15) is 11.6 Å². The van der Waals surface area contributed by atoms with Gasteiger partial charge in [-0.3, -0.25) is 0 Å². The number of aryl methyl sites for hydroxylation is 2. The number of nitrogens with zero attached hydrogens (tertiary/aromatic N) is 2. The van der Waals surface area contributed by atoms with Crippen molar-refractivity contribution >= 4 is 17.2 Å². The second-order valence-electron chi connectivity index (χ2n) is 4.25. The Labute approximate surface area is 112 Å². The van der Waals surface area contributed by atoms with Gasteiger partial charge < -0.3 is 5.32 Å². The van der Waals surface area contributed by atoms with Crippen molar-refractivity contribution in [1.82, 2.24) is 9.97 Å². The molecule has 0 aliphatic rings. The molecule has 0 unspecified atom stereocenters. The van der Waals surface area contributed by atoms with E-state index in [2.05, 4.69) is 48.2 Å². The van der Waals surface area contributed by atoms with Crippen LogP contribution in [-0.4, -0.2) is 16.5 Å². The monoisotopic (exact) mass is 261 g/mol. The summed E-state index contributed by atoms with van der Waals surface area (Å²) in [5.41, 5.74) is 1.03. The van der Waals surface area contributed by atoms with Crippen molar-refractivity contribution < 1.29 is 0 Å². The Hall–Kier alpha value is -1.42. The topological polar surface area (TPSA) is 37.8 Å². The molecule has 0 amide bonds. The van der Waals surface area contributed by atoms with E-state index in [-0.39, 0.29) is 0 Å². The van der Waals surface area contributed by atoms with E-state index in [0.717, 1.165) is 36.7 Å². The maximum absolute atomic E-state index is 4.65. The van der Waals surface area contributed by atoms with Crippen LogP contribution >= 0.6 is 11.3 Å². The Morgan fingerprint density at radius 1 is 1.22 bits per heavy atom. The number of aromatic nitrogens is 2. The summed E-state index contributed by atoms with van der Waals surface area (Å²) in [7, 11) is 0. The summed E-state index contributed by atoms with van der Waals surface area (Å²) >= 11 is 1.78. The van der Waals surface area contributed by atoms with Gasteiger partial charge in [0.25, 0.3) is 0 Å². The maximum atomic E-state index is 4.65. The van der Waals surface area contributed by atoms with Crippen LogP contribution in [0.1, 0.15) is 31.0 Å². The van der Waals surface area contributed by atoms with Crippen molar-refractivity contribution in [2.75, 3.05) is 11.9 Å². The average Bonchev–Trinajstić information content (AvgIpc) is 2.76. The van der Waals surface area contributed by atoms with Gasteiger partial charge in [0.05, 0.1) is 10.6 Å². The van der Waals surface area contributed by atoms with E-state index in [1.165, 1.54) is 9.75 Å². The van der Waals surface area contributed by atoms with Crippen LogP contribution in [0.3, 0.4) is 0 Å². The van der Waals surface area contributed by atoms with Gasteiger partial charge in [-0.1, -0.05) is 6.92 Å². The van der Waals surface area contributed by atoms with Crippen LogP contribution in [0.25, 0.3) is 10.6 Å². The van der Waals surface area contributed by atoms with Crippen molar-refractivity contribution in [3.05, 3.63) is 28.9 Å². The molecule has 0 saturated heterocycles. The average molecular weight is 261 g/mol. The second-order valence-corrected chi connectivity index (χ2v) is 5.53. The summed E-state index contributed by atoms with van der Waals surface area (Å²) in [6.07, 6.45) is 2.00. The minimum Gasteiger partial charge on any atom is -0.370 e. The minimum absolute atomic E-state index is 0.880. The molecule has 3 nitrogen and oxygen atoms in total. The molecule has 2 aromatic rings. The molecule has 18 heavy (non-hydrogen) atoms. The Balaban J connectivity index is 2.39. The molecule has 0 saturated carbocycles. The van der Waals surface area contributed by atoms with Gasteiger partial charge in [-0.05, 0) is 32.4 Å². The fourth-order valence-corrected chi connectivity index (χ4v) is 2.63. The standard InChI is InChI=1S/C14H19N3S/c1-4-6-13-16-11(9-14(17-13)15-5-2)12-8-7-10(3)18-12/h7-9H,4-6H2,1-3H3,(H,15,16,17). The van der Waals surface area contributed by atoms with E-state index in [0.29, 0.717) is 0 Å². The summed E-state index contributed by atoms with van der Waals surface area (Å²) in [5.74, 6) is 1.86. The van der Waals surface area contributed by atoms with Crippen LogP contribution in [0, 0.1) is 6.92 Å². The predicted octanol–water partition coefficient (Wildman–Crippen LogP) is 3.90. The second kappa shape index (κ2) is 5.96. The Morgan fingerprint density at radius 3 is 2.67 bits per heavy atom. The molecule has 0 radical (unpaired) electrons. The van der Waals surface area contributed by atoms with Crippen molar-refractivity contribution in [2.24, 2.45) is 0 Å². The molecular weight excluding hydrogens is 242 g/mol. The first-order valence-electron chi connectivity index (χ1n) is 6.41. The summed E-state index contributed by atoms with van der Waals surface area (Å²) < 4.78 is 0. The van der Waals surface area contributed by atoms with Crippen LogP contribution in [-0.2, 0) is 6.42 Å². The van der Waals surface area contributed by atoms with Crippen LogP contribution in [0.4, 0.5) is 5.82 Å². The lowest BCUT2D eigenvalue weighted by molar-refractivity contribution is 0.837. The fraction of sp³-hybridized carbons (Fsp3) is 0.429. The third-order valence-electron chi connectivity index (χ3n) is 2.60. The van der Waals surface area contributed by atoms with Gasteiger partial charge >= 0.3 is 0 Å². The Bertz CT molecular complexity index is 495. The van der Waals surface area contributed by atoms with Gasteiger partial charge in [-0.15, -0.1) is 11.3 Å². The number of anilines is 1. The van der Waals surface area contributed by atoms with Gasteiger partial charge in [0, 0.05) is 23.9 Å². The van der Waals surface area contributed by atoms with Crippen LogP contribution < -0.4 is 5.32 Å². The lowest BCUT2D eigenvalue weighted by Crippen LogP contribution is -2.04. The van der Waals surface area contributed by atoms with Crippen LogP contribution in [0.15, 0.2) is 18.2 Å². The molecule has 0 fully saturated rings.